The van der Waals surface area contributed by atoms with Gasteiger partial charge >= 0.3 is 0 Å². The summed E-state index contributed by atoms with van der Waals surface area (Å²) in [4.78, 5) is 17.2. The molecule has 0 atom stereocenters. The molecule has 0 amide bonds. The molecule has 0 unspecified atom stereocenters. The fourth-order valence-corrected chi connectivity index (χ4v) is 11.6. The van der Waals surface area contributed by atoms with Gasteiger partial charge in [0.15, 0.2) is 5.78 Å². The van der Waals surface area contributed by atoms with Crippen LogP contribution in [0.2, 0.25) is 32.7 Å². The second kappa shape index (κ2) is 17.1. The maximum atomic E-state index is 12.2. The Morgan fingerprint density at radius 3 is 2.02 bits per heavy atom. The van der Waals surface area contributed by atoms with Crippen molar-refractivity contribution in [2.45, 2.75) is 120 Å². The fourth-order valence-electron chi connectivity index (χ4n) is 7.07. The molecule has 4 aromatic rings. The van der Waals surface area contributed by atoms with Crippen LogP contribution in [0.25, 0.3) is 33.3 Å². The molecule has 0 spiro atoms. The zero-order valence-electron chi connectivity index (χ0n) is 34.0. The Hall–Kier alpha value is -2.90. The van der Waals surface area contributed by atoms with E-state index in [1.165, 1.54) is 49.1 Å². The summed E-state index contributed by atoms with van der Waals surface area (Å²) in [5.74, 6) is 0.729. The van der Waals surface area contributed by atoms with Crippen LogP contribution < -0.4 is 10.4 Å². The summed E-state index contributed by atoms with van der Waals surface area (Å²) < 4.78 is 0. The summed E-state index contributed by atoms with van der Waals surface area (Å²) in [5.41, 5.74) is 5.71. The van der Waals surface area contributed by atoms with Gasteiger partial charge in [0.25, 0.3) is 0 Å². The molecule has 2 heterocycles. The van der Waals surface area contributed by atoms with Crippen molar-refractivity contribution < 1.29 is 30.0 Å². The van der Waals surface area contributed by atoms with E-state index < -0.39 is 16.1 Å². The van der Waals surface area contributed by atoms with Crippen LogP contribution in [0.5, 0.6) is 0 Å². The first-order valence-electron chi connectivity index (χ1n) is 19.1. The van der Waals surface area contributed by atoms with Crippen LogP contribution in [0.4, 0.5) is 0 Å². The summed E-state index contributed by atoms with van der Waals surface area (Å²) in [6.45, 7) is 28.8. The van der Waals surface area contributed by atoms with E-state index in [0.29, 0.717) is 5.92 Å². The first-order valence-corrected chi connectivity index (χ1v) is 25.6. The number of fused-ring (bicyclic) bond motifs is 2. The molecule has 5 rings (SSSR count). The quantitative estimate of drug-likeness (QED) is 0.0706. The minimum atomic E-state index is -1.94. The van der Waals surface area contributed by atoms with Gasteiger partial charge in [-0.3, -0.25) is 9.78 Å². The van der Waals surface area contributed by atoms with Gasteiger partial charge in [0.2, 0.25) is 0 Å². The predicted molar refractivity (Wildman–Crippen MR) is 228 cm³/mol. The van der Waals surface area contributed by atoms with Gasteiger partial charge in [-0.2, -0.15) is 0 Å². The van der Waals surface area contributed by atoms with Crippen molar-refractivity contribution in [3.05, 3.63) is 101 Å². The molecule has 1 N–H and O–H groups in total. The van der Waals surface area contributed by atoms with E-state index in [4.69, 9.17) is 4.98 Å². The summed E-state index contributed by atoms with van der Waals surface area (Å²) >= 11 is 0. The standard InChI is InChI=1S/C31H34NSi2.C15H28O2.Ir/c1-21(2)28-19-25(18-23-10-8-9-11-27(23)28)30-31-24(16-17-32-30)20-29(34(31,6)7)22-12-14-26(15-13-22)33(3,4)5;1-7-14(5,8-2)12(16)11-13(17)15(6,9-3)10-4;/h8-17,19-21H,1-7H3;11,16H,7-10H2,1-6H3;/q-1;;/b;12-11-;. The van der Waals surface area contributed by atoms with Crippen LogP contribution >= 0.6 is 0 Å². The fraction of sp³-hybridized carbons (Fsp3) is 0.435. The molecule has 0 bridgehead atoms. The molecular formula is C46H62IrNO2Si2-. The van der Waals surface area contributed by atoms with Gasteiger partial charge in [0.1, 0.15) is 13.8 Å². The van der Waals surface area contributed by atoms with E-state index in [0.717, 1.165) is 36.9 Å². The maximum absolute atomic E-state index is 12.2. The number of ketones is 1. The predicted octanol–water partition coefficient (Wildman–Crippen LogP) is 12.0. The number of carbonyl (C=O) groups is 1. The minimum absolute atomic E-state index is 0. The van der Waals surface area contributed by atoms with Crippen molar-refractivity contribution in [1.82, 2.24) is 4.98 Å². The molecule has 1 radical (unpaired) electrons. The summed E-state index contributed by atoms with van der Waals surface area (Å²) in [7, 11) is -3.25. The Kier molecular flexibility index (Phi) is 14.3. The number of hydrogen-bond donors (Lipinski definition) is 1. The van der Waals surface area contributed by atoms with E-state index in [2.05, 4.69) is 119 Å². The SMILES string of the molecule is CC(C)c1cc(-c2nccc3c2[Si](C)(C)C(c2ccc([Si](C)(C)C)cc2)=C3)[c-]c2ccccc12.CCC(C)(CC)C(=O)/C=C(\O)C(C)(CC)CC.[Ir]. The van der Waals surface area contributed by atoms with E-state index in [1.54, 1.807) is 0 Å². The molecule has 3 aromatic carbocycles. The topological polar surface area (TPSA) is 50.2 Å². The maximum Gasteiger partial charge on any atom is 0.164 e. The van der Waals surface area contributed by atoms with Crippen molar-refractivity contribution >= 4 is 54.3 Å². The van der Waals surface area contributed by atoms with Crippen LogP contribution in [-0.2, 0) is 24.9 Å². The molecular weight excluding hydrogens is 847 g/mol. The number of rotatable bonds is 11. The van der Waals surface area contributed by atoms with Crippen LogP contribution in [0.1, 0.15) is 104 Å². The smallest absolute Gasteiger partial charge is 0.164 e. The number of carbonyl (C=O) groups excluding carboxylic acids is 1. The summed E-state index contributed by atoms with van der Waals surface area (Å²) in [6, 6.07) is 26.3. The van der Waals surface area contributed by atoms with Crippen LogP contribution in [-0.4, -0.2) is 32.0 Å². The number of allylic oxidation sites excluding steroid dienone is 2. The molecule has 0 saturated carbocycles. The molecule has 281 valence electrons. The normalized spacial score (nSPS) is 14.3. The van der Waals surface area contributed by atoms with Crippen molar-refractivity contribution in [3.63, 3.8) is 0 Å². The molecule has 1 aliphatic heterocycles. The van der Waals surface area contributed by atoms with Gasteiger partial charge in [0.05, 0.1) is 8.07 Å². The second-order valence-electron chi connectivity index (χ2n) is 16.9. The van der Waals surface area contributed by atoms with Gasteiger partial charge < -0.3 is 5.11 Å². The molecule has 3 nitrogen and oxygen atoms in total. The van der Waals surface area contributed by atoms with Crippen LogP contribution in [0, 0.1) is 16.9 Å². The van der Waals surface area contributed by atoms with Crippen molar-refractivity contribution in [3.8, 4) is 11.3 Å². The third-order valence-electron chi connectivity index (χ3n) is 11.9. The third-order valence-corrected chi connectivity index (χ3v) is 17.6. The number of benzene rings is 3. The van der Waals surface area contributed by atoms with E-state index in [-0.39, 0.29) is 42.5 Å². The third kappa shape index (κ3) is 8.89. The largest absolute Gasteiger partial charge is 0.512 e. The van der Waals surface area contributed by atoms with Gasteiger partial charge in [-0.1, -0.05) is 158 Å². The van der Waals surface area contributed by atoms with E-state index in [1.807, 2.05) is 47.7 Å². The molecule has 0 saturated heterocycles. The summed E-state index contributed by atoms with van der Waals surface area (Å²) in [6.07, 6.45) is 9.16. The average Bonchev–Trinajstić information content (AvgIpc) is 3.40. The first kappa shape index (κ1) is 43.5. The van der Waals surface area contributed by atoms with E-state index in [9.17, 15) is 9.90 Å². The number of aromatic nitrogens is 1. The van der Waals surface area contributed by atoms with Gasteiger partial charge in [-0.15, -0.1) is 29.1 Å². The van der Waals surface area contributed by atoms with Crippen molar-refractivity contribution in [1.29, 1.82) is 0 Å². The Labute approximate surface area is 330 Å². The van der Waals surface area contributed by atoms with Gasteiger partial charge in [-0.25, -0.2) is 0 Å². The number of nitrogens with zero attached hydrogens (tertiary/aromatic N) is 1. The zero-order chi connectivity index (χ0) is 37.9. The molecule has 0 fully saturated rings. The molecule has 1 aliphatic rings. The zero-order valence-corrected chi connectivity index (χ0v) is 38.4. The second-order valence-corrected chi connectivity index (χ2v) is 26.3. The number of pyridine rings is 1. The van der Waals surface area contributed by atoms with Gasteiger partial charge in [0, 0.05) is 48.9 Å². The Morgan fingerprint density at radius 2 is 1.48 bits per heavy atom. The van der Waals surface area contributed by atoms with Gasteiger partial charge in [-0.05, 0) is 54.0 Å². The van der Waals surface area contributed by atoms with Crippen molar-refractivity contribution in [2.24, 2.45) is 10.8 Å². The van der Waals surface area contributed by atoms with Crippen LogP contribution in [0.3, 0.4) is 0 Å². The number of aliphatic hydroxyl groups is 1. The number of aliphatic hydroxyl groups excluding tert-OH is 1. The summed E-state index contributed by atoms with van der Waals surface area (Å²) in [5, 5.41) is 17.1. The molecule has 0 aliphatic carbocycles. The Morgan fingerprint density at radius 1 is 0.904 bits per heavy atom. The molecule has 1 aromatic heterocycles. The molecule has 6 heteroatoms. The Balaban J connectivity index is 0.000000347. The number of hydrogen-bond acceptors (Lipinski definition) is 3. The molecule has 52 heavy (non-hydrogen) atoms. The van der Waals surface area contributed by atoms with E-state index >= 15 is 0 Å². The monoisotopic (exact) mass is 909 g/mol. The average molecular weight is 909 g/mol. The van der Waals surface area contributed by atoms with Crippen LogP contribution in [0.15, 0.2) is 78.7 Å². The minimum Gasteiger partial charge on any atom is -0.512 e. The Bertz CT molecular complexity index is 1920. The first-order chi connectivity index (χ1) is 23.9. The van der Waals surface area contributed by atoms with Crippen molar-refractivity contribution in [2.75, 3.05) is 0 Å².